The smallest absolute Gasteiger partial charge is 0.498 e. The topological polar surface area (TPSA) is 12.5 Å². The molecule has 0 aliphatic carbocycles. The normalized spacial score (nSPS) is 9.74. The van der Waals surface area contributed by atoms with E-state index in [0.29, 0.717) is 0 Å². The zero-order chi connectivity index (χ0) is 15.8. The SMILES string of the molecule is COc1ccc(-[c-]2ccc(CN(C)C)c2)cc1.[Fe+2].c1cc[cH-]c1. The van der Waals surface area contributed by atoms with Gasteiger partial charge in [0.05, 0.1) is 7.11 Å². The van der Waals surface area contributed by atoms with Crippen molar-refractivity contribution in [1.29, 1.82) is 0 Å². The molecule has 0 saturated carbocycles. The molecule has 0 unspecified atom stereocenters. The first-order valence-corrected chi connectivity index (χ1v) is 7.40. The molecule has 0 saturated heterocycles. The summed E-state index contributed by atoms with van der Waals surface area (Å²) >= 11 is 0. The molecule has 0 aromatic heterocycles. The Labute approximate surface area is 149 Å². The van der Waals surface area contributed by atoms with E-state index in [0.717, 1.165) is 12.3 Å². The van der Waals surface area contributed by atoms with Gasteiger partial charge < -0.3 is 9.64 Å². The largest absolute Gasteiger partial charge is 2.00 e. The van der Waals surface area contributed by atoms with Crippen molar-refractivity contribution in [3.05, 3.63) is 78.4 Å². The van der Waals surface area contributed by atoms with E-state index in [9.17, 15) is 0 Å². The molecule has 3 heteroatoms. The molecule has 23 heavy (non-hydrogen) atoms. The van der Waals surface area contributed by atoms with Crippen LogP contribution in [0.4, 0.5) is 0 Å². The zero-order valence-corrected chi connectivity index (χ0v) is 14.9. The van der Waals surface area contributed by atoms with E-state index in [-0.39, 0.29) is 17.1 Å². The van der Waals surface area contributed by atoms with Crippen molar-refractivity contribution >= 4 is 0 Å². The van der Waals surface area contributed by atoms with Gasteiger partial charge in [-0.05, 0) is 20.6 Å². The predicted molar refractivity (Wildman–Crippen MR) is 93.4 cm³/mol. The van der Waals surface area contributed by atoms with Gasteiger partial charge in [-0.15, -0.1) is 41.5 Å². The van der Waals surface area contributed by atoms with Crippen LogP contribution in [0.5, 0.6) is 5.75 Å². The molecule has 3 aromatic rings. The van der Waals surface area contributed by atoms with E-state index in [4.69, 9.17) is 4.74 Å². The van der Waals surface area contributed by atoms with Crippen LogP contribution in [0, 0.1) is 0 Å². The number of hydrogen-bond acceptors (Lipinski definition) is 2. The molecule has 0 spiro atoms. The molecule has 0 aliphatic rings. The molecular formula is C20H23FeNO. The fourth-order valence-electron chi connectivity index (χ4n) is 2.24. The van der Waals surface area contributed by atoms with E-state index in [1.54, 1.807) is 7.11 Å². The molecular weight excluding hydrogens is 326 g/mol. The van der Waals surface area contributed by atoms with Crippen LogP contribution in [0.2, 0.25) is 0 Å². The Balaban J connectivity index is 0.000000377. The average molecular weight is 349 g/mol. The Morgan fingerprint density at radius 1 is 1.04 bits per heavy atom. The maximum Gasteiger partial charge on any atom is 2.00 e. The minimum absolute atomic E-state index is 0. The Morgan fingerprint density at radius 3 is 2.17 bits per heavy atom. The number of rotatable bonds is 4. The van der Waals surface area contributed by atoms with Gasteiger partial charge in [0.25, 0.3) is 0 Å². The second-order valence-electron chi connectivity index (χ2n) is 5.44. The molecule has 0 radical (unpaired) electrons. The Kier molecular flexibility index (Phi) is 8.42. The van der Waals surface area contributed by atoms with Crippen molar-refractivity contribution in [2.45, 2.75) is 6.54 Å². The van der Waals surface area contributed by atoms with Crippen LogP contribution in [0.1, 0.15) is 5.56 Å². The van der Waals surface area contributed by atoms with Crippen molar-refractivity contribution in [3.63, 3.8) is 0 Å². The molecule has 0 atom stereocenters. The van der Waals surface area contributed by atoms with Crippen LogP contribution in [0.15, 0.2) is 72.8 Å². The predicted octanol–water partition coefficient (Wildman–Crippen LogP) is 4.55. The Bertz CT molecular complexity index is 621. The summed E-state index contributed by atoms with van der Waals surface area (Å²) in [5, 5.41) is 0. The van der Waals surface area contributed by atoms with Gasteiger partial charge in [-0.1, -0.05) is 17.7 Å². The summed E-state index contributed by atoms with van der Waals surface area (Å²) < 4.78 is 5.16. The first-order chi connectivity index (χ1) is 10.7. The Hall–Kier alpha value is -1.80. The average Bonchev–Trinajstić information content (AvgIpc) is 3.21. The van der Waals surface area contributed by atoms with E-state index in [2.05, 4.69) is 49.3 Å². The van der Waals surface area contributed by atoms with Gasteiger partial charge >= 0.3 is 17.1 Å². The number of ether oxygens (including phenoxy) is 1. The quantitative estimate of drug-likeness (QED) is 0.506. The first kappa shape index (κ1) is 19.2. The van der Waals surface area contributed by atoms with Gasteiger partial charge in [-0.3, -0.25) is 0 Å². The van der Waals surface area contributed by atoms with Crippen LogP contribution in [-0.2, 0) is 23.6 Å². The van der Waals surface area contributed by atoms with Crippen molar-refractivity contribution in [3.8, 4) is 16.9 Å². The minimum Gasteiger partial charge on any atom is -0.498 e. The van der Waals surface area contributed by atoms with Crippen molar-refractivity contribution in [2.24, 2.45) is 0 Å². The van der Waals surface area contributed by atoms with Gasteiger partial charge in [-0.25, -0.2) is 12.1 Å². The van der Waals surface area contributed by atoms with Crippen molar-refractivity contribution < 1.29 is 21.8 Å². The second kappa shape index (κ2) is 10.1. The summed E-state index contributed by atoms with van der Waals surface area (Å²) in [6.45, 7) is 0.982. The van der Waals surface area contributed by atoms with E-state index >= 15 is 0 Å². The van der Waals surface area contributed by atoms with Crippen LogP contribution in [-0.4, -0.2) is 26.1 Å². The number of hydrogen-bond donors (Lipinski definition) is 0. The van der Waals surface area contributed by atoms with Gasteiger partial charge in [0.1, 0.15) is 5.75 Å². The van der Waals surface area contributed by atoms with Crippen molar-refractivity contribution in [1.82, 2.24) is 4.90 Å². The van der Waals surface area contributed by atoms with Crippen LogP contribution in [0.3, 0.4) is 0 Å². The molecule has 0 N–H and O–H groups in total. The van der Waals surface area contributed by atoms with Crippen LogP contribution >= 0.6 is 0 Å². The monoisotopic (exact) mass is 349 g/mol. The second-order valence-corrected chi connectivity index (χ2v) is 5.44. The summed E-state index contributed by atoms with van der Waals surface area (Å²) in [4.78, 5) is 2.17. The molecule has 0 aliphatic heterocycles. The first-order valence-electron chi connectivity index (χ1n) is 7.40. The third kappa shape index (κ3) is 6.45. The van der Waals surface area contributed by atoms with Crippen LogP contribution < -0.4 is 4.74 Å². The standard InChI is InChI=1S/C15H18NO.C5H5.Fe/c1-16(2)11-12-4-5-14(10-12)13-6-8-15(17-3)9-7-13;1-2-4-5-3-1;/h4-10H,11H2,1-3H3;1-5H;/q2*-1;+2. The van der Waals surface area contributed by atoms with E-state index in [1.165, 1.54) is 16.7 Å². The summed E-state index contributed by atoms with van der Waals surface area (Å²) in [7, 11) is 5.85. The molecule has 0 bridgehead atoms. The molecule has 0 fully saturated rings. The maximum absolute atomic E-state index is 5.16. The molecule has 3 rings (SSSR count). The summed E-state index contributed by atoms with van der Waals surface area (Å²) in [5.74, 6) is 0.897. The third-order valence-corrected chi connectivity index (χ3v) is 3.30. The Morgan fingerprint density at radius 2 is 1.70 bits per heavy atom. The number of methoxy groups -OCH3 is 1. The van der Waals surface area contributed by atoms with E-state index in [1.807, 2.05) is 42.5 Å². The fourth-order valence-corrected chi connectivity index (χ4v) is 2.24. The zero-order valence-electron chi connectivity index (χ0n) is 13.8. The maximum atomic E-state index is 5.16. The molecule has 122 valence electrons. The molecule has 0 amide bonds. The third-order valence-electron chi connectivity index (χ3n) is 3.30. The molecule has 0 heterocycles. The summed E-state index contributed by atoms with van der Waals surface area (Å²) in [6.07, 6.45) is 0. The van der Waals surface area contributed by atoms with Crippen molar-refractivity contribution in [2.75, 3.05) is 21.2 Å². The van der Waals surface area contributed by atoms with Crippen LogP contribution in [0.25, 0.3) is 11.1 Å². The van der Waals surface area contributed by atoms with E-state index < -0.39 is 0 Å². The minimum atomic E-state index is 0. The fraction of sp³-hybridized carbons (Fsp3) is 0.200. The molecule has 3 aromatic carbocycles. The van der Waals surface area contributed by atoms with Gasteiger partial charge in [0.15, 0.2) is 0 Å². The molecule has 2 nitrogen and oxygen atoms in total. The summed E-state index contributed by atoms with van der Waals surface area (Å²) in [5.41, 5.74) is 3.85. The number of nitrogens with zero attached hydrogens (tertiary/aromatic N) is 1. The van der Waals surface area contributed by atoms with Gasteiger partial charge in [0.2, 0.25) is 0 Å². The number of benzene rings is 1. The summed E-state index contributed by atoms with van der Waals surface area (Å²) in [6, 6.07) is 24.8. The van der Waals surface area contributed by atoms with Gasteiger partial charge in [0, 0.05) is 0 Å². The van der Waals surface area contributed by atoms with Gasteiger partial charge in [-0.2, -0.15) is 18.2 Å².